The Hall–Kier alpha value is -0.390. The summed E-state index contributed by atoms with van der Waals surface area (Å²) in [5.74, 6) is 0. The monoisotopic (exact) mass is 359 g/mol. The predicted molar refractivity (Wildman–Crippen MR) is 85.5 cm³/mol. The summed E-state index contributed by atoms with van der Waals surface area (Å²) < 4.78 is 27.4. The van der Waals surface area contributed by atoms with Crippen molar-refractivity contribution in [3.05, 3.63) is 29.8 Å². The standard InChI is InChI=1S/C15H22BrNO2S/c1-2-14-6-4-3-5-11-17(14)20(18,19)15-9-7-13(12-16)8-10-15/h7-10,14H,2-6,11-12H2,1H3. The maximum Gasteiger partial charge on any atom is 0.243 e. The lowest BCUT2D eigenvalue weighted by Gasteiger charge is -2.28. The molecule has 1 unspecified atom stereocenters. The molecule has 1 aliphatic rings. The molecule has 1 saturated heterocycles. The molecule has 112 valence electrons. The van der Waals surface area contributed by atoms with E-state index in [2.05, 4.69) is 22.9 Å². The lowest BCUT2D eigenvalue weighted by Crippen LogP contribution is -2.39. The van der Waals surface area contributed by atoms with Gasteiger partial charge < -0.3 is 0 Å². The molecule has 20 heavy (non-hydrogen) atoms. The molecule has 5 heteroatoms. The topological polar surface area (TPSA) is 37.4 Å². The first-order chi connectivity index (χ1) is 9.59. The lowest BCUT2D eigenvalue weighted by molar-refractivity contribution is 0.315. The Balaban J connectivity index is 2.30. The first-order valence-corrected chi connectivity index (χ1v) is 9.82. The number of alkyl halides is 1. The molecule has 1 atom stereocenters. The maximum atomic E-state index is 12.8. The molecule has 1 aromatic rings. The van der Waals surface area contributed by atoms with E-state index in [1.807, 2.05) is 12.1 Å². The zero-order valence-electron chi connectivity index (χ0n) is 11.9. The molecule has 0 saturated carbocycles. The van der Waals surface area contributed by atoms with Crippen LogP contribution in [0.3, 0.4) is 0 Å². The smallest absolute Gasteiger partial charge is 0.207 e. The number of nitrogens with zero attached hydrogens (tertiary/aromatic N) is 1. The molecule has 0 radical (unpaired) electrons. The fourth-order valence-electron chi connectivity index (χ4n) is 2.76. The van der Waals surface area contributed by atoms with E-state index in [1.54, 1.807) is 16.4 Å². The van der Waals surface area contributed by atoms with E-state index in [0.29, 0.717) is 11.4 Å². The van der Waals surface area contributed by atoms with Crippen molar-refractivity contribution in [3.8, 4) is 0 Å². The molecule has 1 fully saturated rings. The Morgan fingerprint density at radius 3 is 2.50 bits per heavy atom. The molecule has 0 bridgehead atoms. The van der Waals surface area contributed by atoms with Gasteiger partial charge in [0.25, 0.3) is 0 Å². The third-order valence-corrected chi connectivity index (χ3v) is 6.59. The van der Waals surface area contributed by atoms with Crippen LogP contribution in [0.2, 0.25) is 0 Å². The van der Waals surface area contributed by atoms with Crippen molar-refractivity contribution in [3.63, 3.8) is 0 Å². The van der Waals surface area contributed by atoms with Gasteiger partial charge in [-0.1, -0.05) is 47.8 Å². The summed E-state index contributed by atoms with van der Waals surface area (Å²) in [6, 6.07) is 7.35. The Labute approximate surface area is 130 Å². The number of rotatable bonds is 4. The molecule has 0 aromatic heterocycles. The molecule has 3 nitrogen and oxygen atoms in total. The fourth-order valence-corrected chi connectivity index (χ4v) is 4.90. The zero-order chi connectivity index (χ0) is 14.6. The van der Waals surface area contributed by atoms with Gasteiger partial charge in [0.2, 0.25) is 10.0 Å². The average molecular weight is 360 g/mol. The molecular formula is C15H22BrNO2S. The van der Waals surface area contributed by atoms with E-state index in [0.717, 1.165) is 43.0 Å². The van der Waals surface area contributed by atoms with Crippen LogP contribution in [0.4, 0.5) is 0 Å². The molecule has 1 heterocycles. The summed E-state index contributed by atoms with van der Waals surface area (Å²) in [5, 5.41) is 0.745. The van der Waals surface area contributed by atoms with Gasteiger partial charge in [0.05, 0.1) is 4.90 Å². The summed E-state index contributed by atoms with van der Waals surface area (Å²) in [7, 11) is -3.35. The number of benzene rings is 1. The van der Waals surface area contributed by atoms with Gasteiger partial charge in [0.1, 0.15) is 0 Å². The van der Waals surface area contributed by atoms with Crippen LogP contribution in [0.15, 0.2) is 29.2 Å². The number of hydrogen-bond acceptors (Lipinski definition) is 2. The van der Waals surface area contributed by atoms with Crippen LogP contribution >= 0.6 is 15.9 Å². The molecule has 1 aliphatic heterocycles. The Morgan fingerprint density at radius 1 is 1.20 bits per heavy atom. The third kappa shape index (κ3) is 3.43. The van der Waals surface area contributed by atoms with Crippen LogP contribution in [0, 0.1) is 0 Å². The van der Waals surface area contributed by atoms with Crippen molar-refractivity contribution in [1.82, 2.24) is 4.31 Å². The number of hydrogen-bond donors (Lipinski definition) is 0. The van der Waals surface area contributed by atoms with E-state index in [1.165, 1.54) is 0 Å². The van der Waals surface area contributed by atoms with E-state index < -0.39 is 10.0 Å². The van der Waals surface area contributed by atoms with E-state index in [4.69, 9.17) is 0 Å². The predicted octanol–water partition coefficient (Wildman–Crippen LogP) is 3.92. The van der Waals surface area contributed by atoms with Crippen molar-refractivity contribution in [2.24, 2.45) is 0 Å². The molecule has 2 rings (SSSR count). The molecule has 1 aromatic carbocycles. The highest BCUT2D eigenvalue weighted by Crippen LogP contribution is 2.26. The van der Waals surface area contributed by atoms with Crippen LogP contribution in [0.1, 0.15) is 44.6 Å². The minimum atomic E-state index is -3.35. The molecule has 0 aliphatic carbocycles. The maximum absolute atomic E-state index is 12.8. The van der Waals surface area contributed by atoms with Gasteiger partial charge in [0.15, 0.2) is 0 Å². The SMILES string of the molecule is CCC1CCCCCN1S(=O)(=O)c1ccc(CBr)cc1. The second-order valence-corrected chi connectivity index (χ2v) is 7.76. The van der Waals surface area contributed by atoms with E-state index >= 15 is 0 Å². The van der Waals surface area contributed by atoms with E-state index in [9.17, 15) is 8.42 Å². The summed E-state index contributed by atoms with van der Waals surface area (Å²) in [6.07, 6.45) is 5.10. The van der Waals surface area contributed by atoms with Gasteiger partial charge in [-0.25, -0.2) is 8.42 Å². The largest absolute Gasteiger partial charge is 0.243 e. The second kappa shape index (κ2) is 7.05. The van der Waals surface area contributed by atoms with Crippen molar-refractivity contribution in [2.75, 3.05) is 6.54 Å². The zero-order valence-corrected chi connectivity index (χ0v) is 14.3. The van der Waals surface area contributed by atoms with Crippen LogP contribution < -0.4 is 0 Å². The van der Waals surface area contributed by atoms with Gasteiger partial charge >= 0.3 is 0 Å². The first-order valence-electron chi connectivity index (χ1n) is 7.26. The van der Waals surface area contributed by atoms with Gasteiger partial charge in [-0.3, -0.25) is 0 Å². The molecule has 0 spiro atoms. The second-order valence-electron chi connectivity index (χ2n) is 5.30. The molecule has 0 N–H and O–H groups in total. The van der Waals surface area contributed by atoms with Crippen molar-refractivity contribution >= 4 is 26.0 Å². The van der Waals surface area contributed by atoms with Crippen molar-refractivity contribution < 1.29 is 8.42 Å². The highest BCUT2D eigenvalue weighted by Gasteiger charge is 2.31. The molecule has 0 amide bonds. The fraction of sp³-hybridized carbons (Fsp3) is 0.600. The minimum absolute atomic E-state index is 0.151. The number of halogens is 1. The van der Waals surface area contributed by atoms with Gasteiger partial charge in [0, 0.05) is 17.9 Å². The summed E-state index contributed by atoms with van der Waals surface area (Å²) in [4.78, 5) is 0.419. The Bertz CT molecular complexity index is 527. The van der Waals surface area contributed by atoms with Crippen molar-refractivity contribution in [2.45, 2.75) is 55.3 Å². The van der Waals surface area contributed by atoms with Crippen LogP contribution in [0.25, 0.3) is 0 Å². The minimum Gasteiger partial charge on any atom is -0.207 e. The van der Waals surface area contributed by atoms with Gasteiger partial charge in [-0.2, -0.15) is 4.31 Å². The Kier molecular flexibility index (Phi) is 5.64. The summed E-state index contributed by atoms with van der Waals surface area (Å²) >= 11 is 3.38. The normalized spacial score (nSPS) is 21.6. The van der Waals surface area contributed by atoms with E-state index in [-0.39, 0.29) is 6.04 Å². The average Bonchev–Trinajstić information content (AvgIpc) is 2.73. The van der Waals surface area contributed by atoms with Crippen molar-refractivity contribution in [1.29, 1.82) is 0 Å². The summed E-state index contributed by atoms with van der Waals surface area (Å²) in [5.41, 5.74) is 1.09. The van der Waals surface area contributed by atoms with Crippen LogP contribution in [-0.2, 0) is 15.4 Å². The third-order valence-electron chi connectivity index (χ3n) is 3.98. The molecular weight excluding hydrogens is 338 g/mol. The van der Waals surface area contributed by atoms with Crippen LogP contribution in [0.5, 0.6) is 0 Å². The number of sulfonamides is 1. The van der Waals surface area contributed by atoms with Gasteiger partial charge in [-0.05, 0) is 37.0 Å². The Morgan fingerprint density at radius 2 is 1.90 bits per heavy atom. The lowest BCUT2D eigenvalue weighted by atomic mass is 10.1. The highest BCUT2D eigenvalue weighted by atomic mass is 79.9. The van der Waals surface area contributed by atoms with Crippen LogP contribution in [-0.4, -0.2) is 25.3 Å². The highest BCUT2D eigenvalue weighted by molar-refractivity contribution is 9.08. The summed E-state index contributed by atoms with van der Waals surface area (Å²) in [6.45, 7) is 2.73. The first kappa shape index (κ1) is 16.0. The van der Waals surface area contributed by atoms with Gasteiger partial charge in [-0.15, -0.1) is 0 Å². The quantitative estimate of drug-likeness (QED) is 0.763.